The van der Waals surface area contributed by atoms with E-state index in [-0.39, 0.29) is 6.10 Å². The predicted molar refractivity (Wildman–Crippen MR) is 64.4 cm³/mol. The average Bonchev–Trinajstić information content (AvgIpc) is 2.30. The number of piperidine rings is 1. The first-order valence-corrected chi connectivity index (χ1v) is 7.39. The average molecular weight is 224 g/mol. The Morgan fingerprint density at radius 1 is 0.812 bits per heavy atom. The minimum Gasteiger partial charge on any atom is -0.392 e. The number of quaternary nitrogens is 1. The molecule has 2 aliphatic carbocycles. The van der Waals surface area contributed by atoms with Gasteiger partial charge in [0.1, 0.15) is 0 Å². The second kappa shape index (κ2) is 4.66. The van der Waals surface area contributed by atoms with E-state index in [0.717, 1.165) is 6.04 Å². The molecule has 1 aliphatic heterocycles. The highest BCUT2D eigenvalue weighted by molar-refractivity contribution is 4.91. The largest absolute Gasteiger partial charge is 0.392 e. The van der Waals surface area contributed by atoms with Crippen LogP contribution in [0.5, 0.6) is 0 Å². The van der Waals surface area contributed by atoms with Gasteiger partial charge in [0.2, 0.25) is 0 Å². The summed E-state index contributed by atoms with van der Waals surface area (Å²) in [6.45, 7) is 2.75. The molecule has 3 aliphatic rings. The van der Waals surface area contributed by atoms with Crippen LogP contribution in [0.1, 0.15) is 51.4 Å². The molecule has 0 amide bonds. The monoisotopic (exact) mass is 224 g/mol. The van der Waals surface area contributed by atoms with Crippen molar-refractivity contribution in [2.75, 3.05) is 13.1 Å². The third-order valence-electron chi connectivity index (χ3n) is 5.42. The van der Waals surface area contributed by atoms with Crippen LogP contribution in [0, 0.1) is 11.8 Å². The minimum absolute atomic E-state index is 0.0435. The summed E-state index contributed by atoms with van der Waals surface area (Å²) in [7, 11) is 0. The molecule has 2 N–H and O–H groups in total. The van der Waals surface area contributed by atoms with E-state index in [0.29, 0.717) is 11.8 Å². The van der Waals surface area contributed by atoms with Gasteiger partial charge in [-0.1, -0.05) is 6.42 Å². The fourth-order valence-electron chi connectivity index (χ4n) is 4.55. The third-order valence-corrected chi connectivity index (χ3v) is 5.42. The molecule has 2 nitrogen and oxygen atoms in total. The summed E-state index contributed by atoms with van der Waals surface area (Å²) in [6.07, 6.45) is 11.0. The molecule has 3 fully saturated rings. The minimum atomic E-state index is 0.0435. The SMILES string of the molecule is O[C@H]1C2CCCC1C([NH+]1CCCCC1)CC2. The fourth-order valence-corrected chi connectivity index (χ4v) is 4.55. The van der Waals surface area contributed by atoms with Gasteiger partial charge >= 0.3 is 0 Å². The number of aliphatic hydroxyl groups excluding tert-OH is 1. The lowest BCUT2D eigenvalue weighted by Gasteiger charge is -2.47. The maximum absolute atomic E-state index is 10.4. The molecule has 0 spiro atoms. The van der Waals surface area contributed by atoms with Crippen molar-refractivity contribution in [1.29, 1.82) is 0 Å². The number of rotatable bonds is 1. The fraction of sp³-hybridized carbons (Fsp3) is 1.00. The molecule has 2 saturated carbocycles. The molecule has 1 heterocycles. The number of hydrogen-bond acceptors (Lipinski definition) is 1. The van der Waals surface area contributed by atoms with Gasteiger partial charge in [0.15, 0.2) is 0 Å². The molecule has 1 saturated heterocycles. The Morgan fingerprint density at radius 3 is 2.44 bits per heavy atom. The summed E-state index contributed by atoms with van der Waals surface area (Å²) in [5, 5.41) is 10.4. The van der Waals surface area contributed by atoms with Gasteiger partial charge in [-0.3, -0.25) is 0 Å². The zero-order valence-corrected chi connectivity index (χ0v) is 10.3. The predicted octanol–water partition coefficient (Wildman–Crippen LogP) is 0.995. The maximum atomic E-state index is 10.4. The van der Waals surface area contributed by atoms with Gasteiger partial charge < -0.3 is 10.0 Å². The molecule has 3 unspecified atom stereocenters. The normalized spacial score (nSPS) is 45.6. The van der Waals surface area contributed by atoms with Gasteiger partial charge in [0.05, 0.1) is 25.2 Å². The summed E-state index contributed by atoms with van der Waals surface area (Å²) in [6, 6.07) is 0.798. The van der Waals surface area contributed by atoms with E-state index >= 15 is 0 Å². The molecule has 4 atom stereocenters. The van der Waals surface area contributed by atoms with Crippen LogP contribution in [0.4, 0.5) is 0 Å². The molecular weight excluding hydrogens is 198 g/mol. The van der Waals surface area contributed by atoms with E-state index in [1.807, 2.05) is 4.90 Å². The van der Waals surface area contributed by atoms with Crippen molar-refractivity contribution in [3.05, 3.63) is 0 Å². The van der Waals surface area contributed by atoms with Crippen LogP contribution in [0.25, 0.3) is 0 Å². The number of nitrogens with one attached hydrogen (secondary N) is 1. The lowest BCUT2D eigenvalue weighted by molar-refractivity contribution is -0.936. The summed E-state index contributed by atoms with van der Waals surface area (Å²) in [4.78, 5) is 1.83. The van der Waals surface area contributed by atoms with Crippen molar-refractivity contribution < 1.29 is 10.0 Å². The number of fused-ring (bicyclic) bond motifs is 2. The third kappa shape index (κ3) is 1.91. The molecule has 0 aromatic rings. The summed E-state index contributed by atoms with van der Waals surface area (Å²) < 4.78 is 0. The number of likely N-dealkylation sites (tertiary alicyclic amines) is 1. The summed E-state index contributed by atoms with van der Waals surface area (Å²) in [5.41, 5.74) is 0. The van der Waals surface area contributed by atoms with E-state index < -0.39 is 0 Å². The highest BCUT2D eigenvalue weighted by Gasteiger charge is 2.45. The van der Waals surface area contributed by atoms with Crippen molar-refractivity contribution >= 4 is 0 Å². The first-order valence-electron chi connectivity index (χ1n) is 7.39. The van der Waals surface area contributed by atoms with Crippen LogP contribution >= 0.6 is 0 Å². The van der Waals surface area contributed by atoms with Crippen molar-refractivity contribution in [3.63, 3.8) is 0 Å². The van der Waals surface area contributed by atoms with Gasteiger partial charge in [-0.2, -0.15) is 0 Å². The summed E-state index contributed by atoms with van der Waals surface area (Å²) in [5.74, 6) is 1.29. The Labute approximate surface area is 99.0 Å². The Kier molecular flexibility index (Phi) is 3.21. The van der Waals surface area contributed by atoms with E-state index in [1.54, 1.807) is 0 Å². The maximum Gasteiger partial charge on any atom is 0.0928 e. The quantitative estimate of drug-likeness (QED) is 0.682. The standard InChI is InChI=1S/C14H25NO/c16-14-11-5-4-6-12(14)13(8-7-11)15-9-2-1-3-10-15/h11-14,16H,1-10H2/p+1/t11?,12?,13?,14-/m0/s1. The number of hydrogen-bond donors (Lipinski definition) is 2. The smallest absolute Gasteiger partial charge is 0.0928 e. The highest BCUT2D eigenvalue weighted by Crippen LogP contribution is 2.39. The van der Waals surface area contributed by atoms with E-state index in [9.17, 15) is 5.11 Å². The summed E-state index contributed by atoms with van der Waals surface area (Å²) >= 11 is 0. The highest BCUT2D eigenvalue weighted by atomic mass is 16.3. The van der Waals surface area contributed by atoms with Crippen LogP contribution in [-0.4, -0.2) is 30.3 Å². The van der Waals surface area contributed by atoms with Crippen LogP contribution < -0.4 is 4.90 Å². The van der Waals surface area contributed by atoms with Gasteiger partial charge in [0.25, 0.3) is 0 Å². The zero-order valence-electron chi connectivity index (χ0n) is 10.3. The van der Waals surface area contributed by atoms with E-state index in [1.165, 1.54) is 64.5 Å². The second-order valence-electron chi connectivity index (χ2n) is 6.25. The van der Waals surface area contributed by atoms with Gasteiger partial charge in [-0.25, -0.2) is 0 Å². The Hall–Kier alpha value is -0.0800. The van der Waals surface area contributed by atoms with Crippen LogP contribution in [0.2, 0.25) is 0 Å². The molecule has 0 radical (unpaired) electrons. The Morgan fingerprint density at radius 2 is 1.62 bits per heavy atom. The Balaban J connectivity index is 1.69. The molecule has 0 aromatic heterocycles. The first-order chi connectivity index (χ1) is 7.86. The molecule has 3 rings (SSSR count). The second-order valence-corrected chi connectivity index (χ2v) is 6.25. The molecular formula is C14H26NO+. The molecule has 0 aromatic carbocycles. The molecule has 2 bridgehead atoms. The van der Waals surface area contributed by atoms with E-state index in [2.05, 4.69) is 0 Å². The molecule has 16 heavy (non-hydrogen) atoms. The van der Waals surface area contributed by atoms with Crippen molar-refractivity contribution in [1.82, 2.24) is 0 Å². The Bertz CT molecular complexity index is 237. The lowest BCUT2D eigenvalue weighted by Crippen LogP contribution is -3.17. The van der Waals surface area contributed by atoms with Crippen molar-refractivity contribution in [2.45, 2.75) is 63.5 Å². The van der Waals surface area contributed by atoms with Crippen LogP contribution in [0.15, 0.2) is 0 Å². The van der Waals surface area contributed by atoms with E-state index in [4.69, 9.17) is 0 Å². The van der Waals surface area contributed by atoms with Gasteiger partial charge in [0, 0.05) is 12.3 Å². The lowest BCUT2D eigenvalue weighted by atomic mass is 9.67. The first kappa shape index (κ1) is 11.0. The topological polar surface area (TPSA) is 24.7 Å². The van der Waals surface area contributed by atoms with Crippen LogP contribution in [-0.2, 0) is 0 Å². The van der Waals surface area contributed by atoms with Crippen molar-refractivity contribution in [2.24, 2.45) is 11.8 Å². The molecule has 92 valence electrons. The van der Waals surface area contributed by atoms with Gasteiger partial charge in [-0.15, -0.1) is 0 Å². The van der Waals surface area contributed by atoms with Crippen LogP contribution in [0.3, 0.4) is 0 Å². The zero-order chi connectivity index (χ0) is 11.0. The molecule has 2 heteroatoms. The number of aliphatic hydroxyl groups is 1. The van der Waals surface area contributed by atoms with Crippen molar-refractivity contribution in [3.8, 4) is 0 Å². The van der Waals surface area contributed by atoms with Gasteiger partial charge in [-0.05, 0) is 44.4 Å².